The topological polar surface area (TPSA) is 51.5 Å². The average molecular weight is 379 g/mol. The summed E-state index contributed by atoms with van der Waals surface area (Å²) >= 11 is 5.98. The summed E-state index contributed by atoms with van der Waals surface area (Å²) < 4.78 is 20.6. The Bertz CT molecular complexity index is 889. The molecule has 1 fully saturated rings. The predicted octanol–water partition coefficient (Wildman–Crippen LogP) is 3.17. The van der Waals surface area contributed by atoms with E-state index >= 15 is 0 Å². The number of carbonyl (C=O) groups is 1. The van der Waals surface area contributed by atoms with Gasteiger partial charge in [0.15, 0.2) is 0 Å². The molecule has 2 heterocycles. The molecule has 0 unspecified atom stereocenters. The molecule has 7 heteroatoms. The fourth-order valence-electron chi connectivity index (χ4n) is 3.01. The van der Waals surface area contributed by atoms with Crippen molar-refractivity contribution in [2.75, 3.05) is 13.1 Å². The fraction of sp³-hybridized carbons (Fsp3) is 0.368. The Labute approximate surface area is 155 Å². The minimum Gasteiger partial charge on any atom is -0.490 e. The van der Waals surface area contributed by atoms with Crippen LogP contribution >= 0.6 is 11.6 Å². The van der Waals surface area contributed by atoms with Gasteiger partial charge in [0.2, 0.25) is 0 Å². The number of pyridine rings is 1. The highest BCUT2D eigenvalue weighted by molar-refractivity contribution is 6.33. The molecule has 3 rings (SSSR count). The number of likely N-dealkylation sites (tertiary alicyclic amines) is 1. The molecule has 1 aliphatic heterocycles. The molecule has 0 spiro atoms. The molecular formula is C19H20ClFN2O3. The molecule has 2 aromatic rings. The van der Waals surface area contributed by atoms with Gasteiger partial charge in [-0.2, -0.15) is 0 Å². The van der Waals surface area contributed by atoms with E-state index in [1.807, 2.05) is 13.0 Å². The van der Waals surface area contributed by atoms with E-state index in [9.17, 15) is 14.0 Å². The molecule has 1 aliphatic rings. The van der Waals surface area contributed by atoms with Crippen molar-refractivity contribution in [3.05, 3.63) is 62.8 Å². The normalized spacial score (nSPS) is 15.2. The van der Waals surface area contributed by atoms with Gasteiger partial charge in [0.1, 0.15) is 17.7 Å². The zero-order valence-corrected chi connectivity index (χ0v) is 15.4. The molecule has 0 aliphatic carbocycles. The first-order valence-electron chi connectivity index (χ1n) is 8.44. The van der Waals surface area contributed by atoms with Crippen LogP contribution in [0.25, 0.3) is 0 Å². The predicted molar refractivity (Wildman–Crippen MR) is 97.4 cm³/mol. The number of nitrogens with zero attached hydrogens (tertiary/aromatic N) is 2. The van der Waals surface area contributed by atoms with Crippen LogP contribution in [0.15, 0.2) is 35.1 Å². The highest BCUT2D eigenvalue weighted by Crippen LogP contribution is 2.23. The molecule has 0 bridgehead atoms. The van der Waals surface area contributed by atoms with Crippen molar-refractivity contribution in [2.45, 2.75) is 25.9 Å². The van der Waals surface area contributed by atoms with Crippen LogP contribution in [0.5, 0.6) is 5.75 Å². The molecule has 0 atom stereocenters. The number of amides is 1. The summed E-state index contributed by atoms with van der Waals surface area (Å²) in [5.74, 6) is -0.127. The second kappa shape index (κ2) is 7.50. The molecule has 1 amide bonds. The Morgan fingerprint density at radius 1 is 1.23 bits per heavy atom. The zero-order chi connectivity index (χ0) is 18.8. The van der Waals surface area contributed by atoms with Crippen LogP contribution in [0.3, 0.4) is 0 Å². The number of aryl methyl sites for hydroxylation is 1. The average Bonchev–Trinajstić information content (AvgIpc) is 2.60. The zero-order valence-electron chi connectivity index (χ0n) is 14.7. The summed E-state index contributed by atoms with van der Waals surface area (Å²) in [7, 11) is 1.71. The first-order chi connectivity index (χ1) is 12.3. The Kier molecular flexibility index (Phi) is 5.32. The van der Waals surface area contributed by atoms with E-state index in [0.29, 0.717) is 37.2 Å². The molecular weight excluding hydrogens is 359 g/mol. The minimum atomic E-state index is -0.469. The summed E-state index contributed by atoms with van der Waals surface area (Å²) in [4.78, 5) is 26.1. The third kappa shape index (κ3) is 3.90. The van der Waals surface area contributed by atoms with Crippen LogP contribution in [0.1, 0.15) is 28.9 Å². The van der Waals surface area contributed by atoms with E-state index in [1.165, 1.54) is 18.2 Å². The Hall–Kier alpha value is -2.34. The lowest BCUT2D eigenvalue weighted by Crippen LogP contribution is -2.42. The molecule has 138 valence electrons. The number of piperidine rings is 1. The van der Waals surface area contributed by atoms with Crippen molar-refractivity contribution < 1.29 is 13.9 Å². The molecule has 0 radical (unpaired) electrons. The van der Waals surface area contributed by atoms with Crippen LogP contribution in [-0.2, 0) is 7.05 Å². The summed E-state index contributed by atoms with van der Waals surface area (Å²) in [5, 5.41) is 0.115. The Morgan fingerprint density at radius 3 is 2.54 bits per heavy atom. The van der Waals surface area contributed by atoms with E-state index < -0.39 is 5.82 Å². The maximum absolute atomic E-state index is 13.1. The van der Waals surface area contributed by atoms with E-state index in [1.54, 1.807) is 16.5 Å². The first-order valence-corrected chi connectivity index (χ1v) is 8.81. The lowest BCUT2D eigenvalue weighted by atomic mass is 10.1. The molecule has 5 nitrogen and oxygen atoms in total. The van der Waals surface area contributed by atoms with E-state index in [4.69, 9.17) is 16.3 Å². The smallest absolute Gasteiger partial charge is 0.255 e. The van der Waals surface area contributed by atoms with Crippen molar-refractivity contribution in [1.29, 1.82) is 0 Å². The van der Waals surface area contributed by atoms with Crippen molar-refractivity contribution >= 4 is 17.5 Å². The van der Waals surface area contributed by atoms with E-state index in [-0.39, 0.29) is 22.6 Å². The van der Waals surface area contributed by atoms with Crippen LogP contribution in [0.4, 0.5) is 4.39 Å². The van der Waals surface area contributed by atoms with Gasteiger partial charge in [-0.15, -0.1) is 0 Å². The van der Waals surface area contributed by atoms with Crippen LogP contribution in [-0.4, -0.2) is 34.6 Å². The summed E-state index contributed by atoms with van der Waals surface area (Å²) in [6.45, 7) is 2.88. The number of benzene rings is 1. The number of halogens is 2. The molecule has 1 saturated heterocycles. The number of ether oxygens (including phenoxy) is 1. The molecule has 1 aromatic heterocycles. The monoisotopic (exact) mass is 378 g/mol. The van der Waals surface area contributed by atoms with Gasteiger partial charge in [-0.1, -0.05) is 11.6 Å². The minimum absolute atomic E-state index is 0.0609. The maximum Gasteiger partial charge on any atom is 0.255 e. The van der Waals surface area contributed by atoms with Gasteiger partial charge in [0.25, 0.3) is 11.5 Å². The molecule has 0 N–H and O–H groups in total. The Morgan fingerprint density at radius 2 is 1.92 bits per heavy atom. The van der Waals surface area contributed by atoms with Gasteiger partial charge in [0, 0.05) is 44.7 Å². The maximum atomic E-state index is 13.1. The lowest BCUT2D eigenvalue weighted by molar-refractivity contribution is 0.0595. The van der Waals surface area contributed by atoms with Gasteiger partial charge in [-0.05, 0) is 31.2 Å². The van der Waals surface area contributed by atoms with Gasteiger partial charge < -0.3 is 14.2 Å². The number of hydrogen-bond donors (Lipinski definition) is 0. The summed E-state index contributed by atoms with van der Waals surface area (Å²) in [6.07, 6.45) is 1.24. The third-order valence-electron chi connectivity index (χ3n) is 4.67. The van der Waals surface area contributed by atoms with Crippen LogP contribution in [0, 0.1) is 12.7 Å². The van der Waals surface area contributed by atoms with Gasteiger partial charge in [-0.25, -0.2) is 4.39 Å². The molecule has 26 heavy (non-hydrogen) atoms. The van der Waals surface area contributed by atoms with Gasteiger partial charge in [0.05, 0.1) is 10.6 Å². The van der Waals surface area contributed by atoms with Crippen molar-refractivity contribution in [3.63, 3.8) is 0 Å². The van der Waals surface area contributed by atoms with E-state index in [2.05, 4.69) is 0 Å². The van der Waals surface area contributed by atoms with Gasteiger partial charge >= 0.3 is 0 Å². The summed E-state index contributed by atoms with van der Waals surface area (Å²) in [6, 6.07) is 7.08. The Balaban J connectivity index is 1.62. The van der Waals surface area contributed by atoms with Crippen molar-refractivity contribution in [1.82, 2.24) is 9.47 Å². The first kappa shape index (κ1) is 18.5. The van der Waals surface area contributed by atoms with Gasteiger partial charge in [-0.3, -0.25) is 9.59 Å². The lowest BCUT2D eigenvalue weighted by Gasteiger charge is -2.32. The van der Waals surface area contributed by atoms with Crippen LogP contribution < -0.4 is 10.3 Å². The second-order valence-corrected chi connectivity index (χ2v) is 6.87. The highest BCUT2D eigenvalue weighted by atomic mass is 35.5. The van der Waals surface area contributed by atoms with Crippen LogP contribution in [0.2, 0.25) is 5.02 Å². The molecule has 1 aromatic carbocycles. The number of rotatable bonds is 3. The number of hydrogen-bond acceptors (Lipinski definition) is 3. The fourth-order valence-corrected chi connectivity index (χ4v) is 3.26. The number of aromatic nitrogens is 1. The summed E-state index contributed by atoms with van der Waals surface area (Å²) in [5.41, 5.74) is 1.01. The second-order valence-electron chi connectivity index (χ2n) is 6.46. The largest absolute Gasteiger partial charge is 0.490 e. The standard InChI is InChI=1S/C19H20ClFN2O3/c1-12-9-15(11-18(24)22(12)2)26-14-5-7-23(8-6-14)19(25)16-4-3-13(21)10-17(16)20/h3-4,9-11,14H,5-8H2,1-2H3. The molecule has 0 saturated carbocycles. The number of carbonyl (C=O) groups excluding carboxylic acids is 1. The van der Waals surface area contributed by atoms with Crippen molar-refractivity contribution in [2.24, 2.45) is 7.05 Å². The van der Waals surface area contributed by atoms with Crippen molar-refractivity contribution in [3.8, 4) is 5.75 Å². The SMILES string of the molecule is Cc1cc(OC2CCN(C(=O)c3ccc(F)cc3Cl)CC2)cc(=O)n1C. The quantitative estimate of drug-likeness (QED) is 0.824. The van der Waals surface area contributed by atoms with E-state index in [0.717, 1.165) is 11.8 Å². The highest BCUT2D eigenvalue weighted by Gasteiger charge is 2.26. The third-order valence-corrected chi connectivity index (χ3v) is 4.98.